The molecule has 2 aromatic rings. The summed E-state index contributed by atoms with van der Waals surface area (Å²) in [7, 11) is 0. The molecule has 130 valence electrons. The van der Waals surface area contributed by atoms with Crippen molar-refractivity contribution in [3.63, 3.8) is 0 Å². The number of amides is 1. The minimum atomic E-state index is -0.264. The lowest BCUT2D eigenvalue weighted by Crippen LogP contribution is -2.34. The van der Waals surface area contributed by atoms with E-state index in [1.54, 1.807) is 4.68 Å². The van der Waals surface area contributed by atoms with E-state index < -0.39 is 0 Å². The molecule has 0 spiro atoms. The molecule has 1 N–H and O–H groups in total. The van der Waals surface area contributed by atoms with Gasteiger partial charge in [0, 0.05) is 24.5 Å². The SMILES string of the molecule is Cc1cc(C)c(N2CC[C@H](Nc3ccn(CCC#N)n3)C2=O)c(C)c1. The number of carbonyl (C=O) groups excluding carboxylic acids is 1. The second kappa shape index (κ2) is 6.98. The molecule has 6 nitrogen and oxygen atoms in total. The average Bonchev–Trinajstić information content (AvgIpc) is 3.14. The first-order chi connectivity index (χ1) is 12.0. The number of hydrogen-bond acceptors (Lipinski definition) is 4. The highest BCUT2D eigenvalue weighted by atomic mass is 16.2. The zero-order valence-electron chi connectivity index (χ0n) is 14.9. The van der Waals surface area contributed by atoms with Crippen molar-refractivity contribution in [1.82, 2.24) is 9.78 Å². The number of nitrogens with zero attached hydrogens (tertiary/aromatic N) is 4. The molecule has 0 aliphatic carbocycles. The predicted octanol–water partition coefficient (Wildman–Crippen LogP) is 2.94. The fourth-order valence-corrected chi connectivity index (χ4v) is 3.54. The molecule has 1 atom stereocenters. The quantitative estimate of drug-likeness (QED) is 0.910. The summed E-state index contributed by atoms with van der Waals surface area (Å²) in [5, 5.41) is 16.2. The van der Waals surface area contributed by atoms with Crippen LogP contribution in [0.3, 0.4) is 0 Å². The van der Waals surface area contributed by atoms with Crippen LogP contribution in [-0.2, 0) is 11.3 Å². The smallest absolute Gasteiger partial charge is 0.249 e. The highest BCUT2D eigenvalue weighted by Gasteiger charge is 2.34. The van der Waals surface area contributed by atoms with E-state index in [4.69, 9.17) is 5.26 Å². The maximum absolute atomic E-state index is 12.9. The Hall–Kier alpha value is -2.81. The first-order valence-electron chi connectivity index (χ1n) is 8.56. The van der Waals surface area contributed by atoms with Crippen LogP contribution in [0.1, 0.15) is 29.5 Å². The average molecular weight is 337 g/mol. The van der Waals surface area contributed by atoms with Gasteiger partial charge in [-0.1, -0.05) is 17.7 Å². The van der Waals surface area contributed by atoms with Gasteiger partial charge in [0.05, 0.1) is 19.0 Å². The van der Waals surface area contributed by atoms with Gasteiger partial charge in [-0.05, 0) is 38.3 Å². The van der Waals surface area contributed by atoms with E-state index >= 15 is 0 Å². The maximum atomic E-state index is 12.9. The maximum Gasteiger partial charge on any atom is 0.249 e. The van der Waals surface area contributed by atoms with Crippen molar-refractivity contribution in [1.29, 1.82) is 5.26 Å². The summed E-state index contributed by atoms with van der Waals surface area (Å²) in [6.07, 6.45) is 2.99. The van der Waals surface area contributed by atoms with Crippen LogP contribution in [0.15, 0.2) is 24.4 Å². The van der Waals surface area contributed by atoms with Crippen molar-refractivity contribution in [2.45, 2.75) is 46.2 Å². The standard InChI is InChI=1S/C19H23N5O/c1-13-11-14(2)18(15(3)12-13)24-10-5-16(19(24)25)21-17-6-9-23(22-17)8-4-7-20/h6,9,11-12,16H,4-5,8,10H2,1-3H3,(H,21,22)/t16-/m0/s1. The third kappa shape index (κ3) is 3.50. The van der Waals surface area contributed by atoms with Crippen molar-refractivity contribution in [2.24, 2.45) is 0 Å². The van der Waals surface area contributed by atoms with Gasteiger partial charge in [-0.2, -0.15) is 10.4 Å². The van der Waals surface area contributed by atoms with Gasteiger partial charge in [-0.3, -0.25) is 9.48 Å². The van der Waals surface area contributed by atoms with Crippen LogP contribution in [0.4, 0.5) is 11.5 Å². The Morgan fingerprint density at radius 1 is 1.32 bits per heavy atom. The molecule has 1 aromatic carbocycles. The van der Waals surface area contributed by atoms with E-state index in [-0.39, 0.29) is 11.9 Å². The number of aromatic nitrogens is 2. The Labute approximate surface area is 148 Å². The van der Waals surface area contributed by atoms with Gasteiger partial charge >= 0.3 is 0 Å². The van der Waals surface area contributed by atoms with Gasteiger partial charge < -0.3 is 10.2 Å². The summed E-state index contributed by atoms with van der Waals surface area (Å²) in [6, 6.07) is 7.92. The molecule has 1 amide bonds. The lowest BCUT2D eigenvalue weighted by atomic mass is 10.0. The Morgan fingerprint density at radius 3 is 2.72 bits per heavy atom. The van der Waals surface area contributed by atoms with Crippen molar-refractivity contribution in [2.75, 3.05) is 16.8 Å². The van der Waals surface area contributed by atoms with Gasteiger partial charge in [0.2, 0.25) is 5.91 Å². The molecule has 2 heterocycles. The Kier molecular flexibility index (Phi) is 4.75. The lowest BCUT2D eigenvalue weighted by molar-refractivity contribution is -0.117. The van der Waals surface area contributed by atoms with Crippen molar-refractivity contribution in [3.8, 4) is 6.07 Å². The number of nitrogens with one attached hydrogen (secondary N) is 1. The molecule has 1 aromatic heterocycles. The molecule has 6 heteroatoms. The summed E-state index contributed by atoms with van der Waals surface area (Å²) in [6.45, 7) is 7.45. The fraction of sp³-hybridized carbons (Fsp3) is 0.421. The number of hydrogen-bond donors (Lipinski definition) is 1. The number of aryl methyl sites for hydroxylation is 4. The molecule has 1 fully saturated rings. The lowest BCUT2D eigenvalue weighted by Gasteiger charge is -2.22. The summed E-state index contributed by atoms with van der Waals surface area (Å²) in [5.74, 6) is 0.761. The third-order valence-corrected chi connectivity index (χ3v) is 4.53. The zero-order valence-corrected chi connectivity index (χ0v) is 14.9. The summed E-state index contributed by atoms with van der Waals surface area (Å²) < 4.78 is 1.72. The van der Waals surface area contributed by atoms with Crippen LogP contribution >= 0.6 is 0 Å². The van der Waals surface area contributed by atoms with Crippen LogP contribution in [0.5, 0.6) is 0 Å². The van der Waals surface area contributed by atoms with Crippen molar-refractivity contribution >= 4 is 17.4 Å². The second-order valence-electron chi connectivity index (χ2n) is 6.59. The number of carbonyl (C=O) groups is 1. The van der Waals surface area contributed by atoms with Crippen LogP contribution < -0.4 is 10.2 Å². The molecule has 1 saturated heterocycles. The number of benzene rings is 1. The summed E-state index contributed by atoms with van der Waals surface area (Å²) in [4.78, 5) is 14.7. The van der Waals surface area contributed by atoms with Crippen LogP contribution in [0, 0.1) is 32.1 Å². The topological polar surface area (TPSA) is 73.9 Å². The minimum Gasteiger partial charge on any atom is -0.357 e. The minimum absolute atomic E-state index is 0.0848. The monoisotopic (exact) mass is 337 g/mol. The van der Waals surface area contributed by atoms with Gasteiger partial charge in [-0.25, -0.2) is 0 Å². The first kappa shape index (κ1) is 17.0. The molecule has 0 saturated carbocycles. The predicted molar refractivity (Wildman–Crippen MR) is 97.5 cm³/mol. The summed E-state index contributed by atoms with van der Waals surface area (Å²) >= 11 is 0. The molecular formula is C19H23N5O. The van der Waals surface area contributed by atoms with E-state index in [1.807, 2.05) is 17.2 Å². The largest absolute Gasteiger partial charge is 0.357 e. The Bertz CT molecular complexity index is 810. The molecule has 0 bridgehead atoms. The van der Waals surface area contributed by atoms with Crippen LogP contribution in [-0.4, -0.2) is 28.3 Å². The van der Waals surface area contributed by atoms with E-state index in [1.165, 1.54) is 5.56 Å². The van der Waals surface area contributed by atoms with Gasteiger partial charge in [-0.15, -0.1) is 0 Å². The Morgan fingerprint density at radius 2 is 2.04 bits per heavy atom. The van der Waals surface area contributed by atoms with Crippen LogP contribution in [0.25, 0.3) is 0 Å². The van der Waals surface area contributed by atoms with Crippen molar-refractivity contribution in [3.05, 3.63) is 41.1 Å². The molecule has 0 unspecified atom stereocenters. The van der Waals surface area contributed by atoms with Gasteiger partial charge in [0.15, 0.2) is 0 Å². The van der Waals surface area contributed by atoms with Gasteiger partial charge in [0.25, 0.3) is 0 Å². The number of anilines is 2. The van der Waals surface area contributed by atoms with E-state index in [2.05, 4.69) is 49.4 Å². The number of rotatable bonds is 5. The second-order valence-corrected chi connectivity index (χ2v) is 6.59. The third-order valence-electron chi connectivity index (χ3n) is 4.53. The van der Waals surface area contributed by atoms with Crippen molar-refractivity contribution < 1.29 is 4.79 Å². The molecular weight excluding hydrogens is 314 g/mol. The normalized spacial score (nSPS) is 17.0. The van der Waals surface area contributed by atoms with E-state index in [0.29, 0.717) is 25.3 Å². The van der Waals surface area contributed by atoms with Gasteiger partial charge in [0.1, 0.15) is 11.9 Å². The number of nitriles is 1. The van der Waals surface area contributed by atoms with Crippen LogP contribution in [0.2, 0.25) is 0 Å². The highest BCUT2D eigenvalue weighted by molar-refractivity contribution is 6.02. The highest BCUT2D eigenvalue weighted by Crippen LogP contribution is 2.30. The summed E-state index contributed by atoms with van der Waals surface area (Å²) in [5.41, 5.74) is 4.50. The first-order valence-corrected chi connectivity index (χ1v) is 8.56. The molecule has 3 rings (SSSR count). The zero-order chi connectivity index (χ0) is 18.0. The molecule has 1 aliphatic rings. The van der Waals surface area contributed by atoms with E-state index in [0.717, 1.165) is 23.2 Å². The molecule has 0 radical (unpaired) electrons. The molecule has 1 aliphatic heterocycles. The molecule has 25 heavy (non-hydrogen) atoms. The van der Waals surface area contributed by atoms with E-state index in [9.17, 15) is 4.79 Å². The fourth-order valence-electron chi connectivity index (χ4n) is 3.54. The Balaban J connectivity index is 1.72.